The molecular formula is C39H47N11O2. The first-order valence-corrected chi connectivity index (χ1v) is 18.2. The molecule has 5 aromatic rings. The van der Waals surface area contributed by atoms with Gasteiger partial charge in [-0.2, -0.15) is 0 Å². The van der Waals surface area contributed by atoms with E-state index in [1.54, 1.807) is 17.4 Å². The van der Waals surface area contributed by atoms with Crippen molar-refractivity contribution >= 4 is 17.6 Å². The van der Waals surface area contributed by atoms with Crippen molar-refractivity contribution in [1.29, 1.82) is 0 Å². The zero-order valence-corrected chi connectivity index (χ0v) is 29.9. The number of ether oxygens (including phenoxy) is 2. The third-order valence-electron chi connectivity index (χ3n) is 10.1. The van der Waals surface area contributed by atoms with E-state index in [2.05, 4.69) is 41.9 Å². The van der Waals surface area contributed by atoms with Crippen molar-refractivity contribution in [2.24, 2.45) is 11.8 Å². The molecule has 0 bridgehead atoms. The first-order chi connectivity index (χ1) is 25.5. The van der Waals surface area contributed by atoms with Gasteiger partial charge in [-0.3, -0.25) is 19.9 Å². The van der Waals surface area contributed by atoms with Crippen LogP contribution >= 0.6 is 0 Å². The van der Waals surface area contributed by atoms with Gasteiger partial charge in [-0.25, -0.2) is 25.8 Å². The highest BCUT2D eigenvalue weighted by atomic mass is 16.5. The van der Waals surface area contributed by atoms with Crippen molar-refractivity contribution in [3.05, 3.63) is 91.5 Å². The van der Waals surface area contributed by atoms with E-state index in [-0.39, 0.29) is 12.1 Å². The van der Waals surface area contributed by atoms with Gasteiger partial charge < -0.3 is 20.1 Å². The Morgan fingerprint density at radius 2 is 1.33 bits per heavy atom. The summed E-state index contributed by atoms with van der Waals surface area (Å²) in [4.78, 5) is 32.5. The number of nitrogen functional groups attached to an aromatic ring is 1. The Balaban J connectivity index is 1.08. The minimum Gasteiger partial charge on any atom is -0.492 e. The van der Waals surface area contributed by atoms with Crippen LogP contribution in [0.2, 0.25) is 0 Å². The van der Waals surface area contributed by atoms with Crippen LogP contribution in [0.1, 0.15) is 45.1 Å². The Kier molecular flexibility index (Phi) is 11.0. The molecule has 0 amide bonds. The summed E-state index contributed by atoms with van der Waals surface area (Å²) in [7, 11) is 0. The quantitative estimate of drug-likeness (QED) is 0.0969. The number of benzene rings is 1. The summed E-state index contributed by atoms with van der Waals surface area (Å²) in [6.45, 7) is 8.51. The predicted molar refractivity (Wildman–Crippen MR) is 203 cm³/mol. The summed E-state index contributed by atoms with van der Waals surface area (Å²) in [5.74, 6) is 9.85. The third-order valence-corrected chi connectivity index (χ3v) is 10.1. The molecular weight excluding hydrogens is 655 g/mol. The molecule has 270 valence electrons. The molecule has 6 heterocycles. The number of aromatic nitrogens is 6. The van der Waals surface area contributed by atoms with Gasteiger partial charge in [-0.1, -0.05) is 12.1 Å². The number of hydrogen-bond acceptors (Lipinski definition) is 13. The van der Waals surface area contributed by atoms with Crippen LogP contribution in [0.5, 0.6) is 11.5 Å². The molecule has 0 radical (unpaired) electrons. The molecule has 52 heavy (non-hydrogen) atoms. The fraction of sp³-hybridized carbons (Fsp3) is 0.385. The molecule has 0 spiro atoms. The SMILES string of the molecule is CCOc1cc(CN2CCC(C3CC(N(N)c4ncc(-c5cccnc5)cn4)CCN3c3ncc(-c4cccnc4)cn3)CC2)cc(OCC)c1N. The zero-order valence-electron chi connectivity index (χ0n) is 29.9. The monoisotopic (exact) mass is 701 g/mol. The van der Waals surface area contributed by atoms with E-state index in [1.807, 2.05) is 75.3 Å². The standard InChI is InChI=1S/C39H47N11O2/c1-3-51-35-17-27(18-36(37(35)40)52-4-2)26-48-14-9-28(10-15-48)34-19-33(50(41)39-46-24-32(25-47-39)30-8-6-13-43-21-30)11-16-49(34)38-44-22-31(23-45-38)29-7-5-12-42-20-29/h5-8,12-13,17-18,20-25,28,33-34H,3-4,9-11,14-16,19,26,40-41H2,1-2H3. The van der Waals surface area contributed by atoms with Crippen molar-refractivity contribution in [2.45, 2.75) is 58.2 Å². The van der Waals surface area contributed by atoms with Crippen molar-refractivity contribution < 1.29 is 9.47 Å². The molecule has 4 aromatic heterocycles. The Hall–Kier alpha value is -5.40. The lowest BCUT2D eigenvalue weighted by Gasteiger charge is -2.47. The summed E-state index contributed by atoms with van der Waals surface area (Å²) in [6.07, 6.45) is 18.3. The van der Waals surface area contributed by atoms with Gasteiger partial charge in [0, 0.05) is 91.0 Å². The molecule has 2 saturated heterocycles. The van der Waals surface area contributed by atoms with Gasteiger partial charge in [0.25, 0.3) is 0 Å². The number of hydrazine groups is 1. The summed E-state index contributed by atoms with van der Waals surface area (Å²) >= 11 is 0. The second-order valence-corrected chi connectivity index (χ2v) is 13.4. The van der Waals surface area contributed by atoms with E-state index in [1.165, 1.54) is 0 Å². The van der Waals surface area contributed by atoms with Crippen LogP contribution in [0, 0.1) is 5.92 Å². The number of rotatable bonds is 12. The van der Waals surface area contributed by atoms with E-state index >= 15 is 0 Å². The maximum absolute atomic E-state index is 6.81. The summed E-state index contributed by atoms with van der Waals surface area (Å²) in [5.41, 5.74) is 11.8. The average molecular weight is 702 g/mol. The minimum absolute atomic E-state index is 0.0574. The molecule has 13 nitrogen and oxygen atoms in total. The smallest absolute Gasteiger partial charge is 0.240 e. The zero-order chi connectivity index (χ0) is 35.9. The van der Waals surface area contributed by atoms with Crippen LogP contribution in [0.25, 0.3) is 22.3 Å². The fourth-order valence-electron chi connectivity index (χ4n) is 7.43. The number of piperidine rings is 2. The van der Waals surface area contributed by atoms with Gasteiger partial charge >= 0.3 is 0 Å². The summed E-state index contributed by atoms with van der Waals surface area (Å²) in [6, 6.07) is 12.2. The first-order valence-electron chi connectivity index (χ1n) is 18.2. The maximum atomic E-state index is 6.81. The first kappa shape index (κ1) is 35.0. The van der Waals surface area contributed by atoms with Crippen molar-refractivity contribution in [1.82, 2.24) is 34.8 Å². The molecule has 2 atom stereocenters. The lowest BCUT2D eigenvalue weighted by atomic mass is 9.82. The van der Waals surface area contributed by atoms with Crippen molar-refractivity contribution in [3.63, 3.8) is 0 Å². The topological polar surface area (TPSA) is 158 Å². The Bertz CT molecular complexity index is 1850. The van der Waals surface area contributed by atoms with Gasteiger partial charge in [0.2, 0.25) is 11.9 Å². The summed E-state index contributed by atoms with van der Waals surface area (Å²) < 4.78 is 11.7. The van der Waals surface area contributed by atoms with Gasteiger partial charge in [0.1, 0.15) is 17.2 Å². The molecule has 13 heteroatoms. The fourth-order valence-corrected chi connectivity index (χ4v) is 7.43. The minimum atomic E-state index is 0.0574. The van der Waals surface area contributed by atoms with E-state index in [4.69, 9.17) is 31.0 Å². The van der Waals surface area contributed by atoms with Gasteiger partial charge in [0.15, 0.2) is 0 Å². The molecule has 2 unspecified atom stereocenters. The van der Waals surface area contributed by atoms with Crippen LogP contribution in [-0.4, -0.2) is 79.7 Å². The summed E-state index contributed by atoms with van der Waals surface area (Å²) in [5, 5.41) is 1.76. The highest BCUT2D eigenvalue weighted by Gasteiger charge is 2.39. The third kappa shape index (κ3) is 7.90. The van der Waals surface area contributed by atoms with Crippen molar-refractivity contribution in [3.8, 4) is 33.8 Å². The lowest BCUT2D eigenvalue weighted by Crippen LogP contribution is -2.56. The molecule has 2 aliphatic heterocycles. The Morgan fingerprint density at radius 3 is 1.87 bits per heavy atom. The number of anilines is 3. The number of hydrogen-bond donors (Lipinski definition) is 2. The van der Waals surface area contributed by atoms with Crippen LogP contribution < -0.4 is 31.0 Å². The second-order valence-electron chi connectivity index (χ2n) is 13.4. The van der Waals surface area contributed by atoms with Crippen LogP contribution in [-0.2, 0) is 6.54 Å². The van der Waals surface area contributed by atoms with Crippen LogP contribution in [0.15, 0.2) is 86.0 Å². The molecule has 0 saturated carbocycles. The van der Waals surface area contributed by atoms with Crippen LogP contribution in [0.3, 0.4) is 0 Å². The molecule has 4 N–H and O–H groups in total. The van der Waals surface area contributed by atoms with Gasteiger partial charge in [0.05, 0.1) is 19.3 Å². The highest BCUT2D eigenvalue weighted by Crippen LogP contribution is 2.37. The largest absolute Gasteiger partial charge is 0.492 e. The average Bonchev–Trinajstić information content (AvgIpc) is 3.20. The van der Waals surface area contributed by atoms with Crippen LogP contribution in [0.4, 0.5) is 17.6 Å². The molecule has 2 fully saturated rings. The lowest BCUT2D eigenvalue weighted by molar-refractivity contribution is 0.148. The molecule has 1 aromatic carbocycles. The van der Waals surface area contributed by atoms with E-state index < -0.39 is 0 Å². The molecule has 7 rings (SSSR count). The van der Waals surface area contributed by atoms with E-state index in [9.17, 15) is 0 Å². The van der Waals surface area contributed by atoms with Gasteiger partial charge in [-0.05, 0) is 88.4 Å². The maximum Gasteiger partial charge on any atom is 0.240 e. The predicted octanol–water partition coefficient (Wildman–Crippen LogP) is 5.40. The second kappa shape index (κ2) is 16.3. The molecule has 0 aliphatic carbocycles. The highest BCUT2D eigenvalue weighted by molar-refractivity contribution is 5.65. The number of pyridine rings is 2. The number of likely N-dealkylation sites (tertiary alicyclic amines) is 1. The van der Waals surface area contributed by atoms with E-state index in [0.717, 1.165) is 85.6 Å². The molecule has 2 aliphatic rings. The van der Waals surface area contributed by atoms with E-state index in [0.29, 0.717) is 42.3 Å². The van der Waals surface area contributed by atoms with Crippen molar-refractivity contribution in [2.75, 3.05) is 48.5 Å². The number of nitrogens with zero attached hydrogens (tertiary/aromatic N) is 9. The van der Waals surface area contributed by atoms with Gasteiger partial charge in [-0.15, -0.1) is 0 Å². The number of nitrogens with two attached hydrogens (primary N) is 2. The Labute approximate surface area is 305 Å². The normalized spacial score (nSPS) is 18.2. The Morgan fingerprint density at radius 1 is 0.750 bits per heavy atom.